The lowest BCUT2D eigenvalue weighted by Gasteiger charge is -2.37. The van der Waals surface area contributed by atoms with E-state index in [0.29, 0.717) is 26.1 Å². The van der Waals surface area contributed by atoms with Gasteiger partial charge >= 0.3 is 0 Å². The minimum atomic E-state index is -3.51. The number of piperazine rings is 1. The van der Waals surface area contributed by atoms with Gasteiger partial charge in [-0.1, -0.05) is 0 Å². The monoisotopic (exact) mass is 373 g/mol. The van der Waals surface area contributed by atoms with Crippen molar-refractivity contribution in [3.05, 3.63) is 24.3 Å². The summed E-state index contributed by atoms with van der Waals surface area (Å²) in [5.74, 6) is 0.102. The van der Waals surface area contributed by atoms with Crippen LogP contribution in [0.3, 0.4) is 0 Å². The molecule has 0 aliphatic carbocycles. The highest BCUT2D eigenvalue weighted by atomic mass is 35.5. The summed E-state index contributed by atoms with van der Waals surface area (Å²) >= 11 is 0. The van der Waals surface area contributed by atoms with Crippen LogP contribution in [0, 0.1) is 0 Å². The van der Waals surface area contributed by atoms with Crippen LogP contribution in [-0.4, -0.2) is 50.3 Å². The molecule has 24 heavy (non-hydrogen) atoms. The highest BCUT2D eigenvalue weighted by Gasteiger charge is 2.34. The fourth-order valence-electron chi connectivity index (χ4n) is 3.22. The highest BCUT2D eigenvalue weighted by molar-refractivity contribution is 7.89. The summed E-state index contributed by atoms with van der Waals surface area (Å²) < 4.78 is 27.3. The summed E-state index contributed by atoms with van der Waals surface area (Å²) in [7, 11) is -3.51. The summed E-state index contributed by atoms with van der Waals surface area (Å²) in [5.41, 5.74) is 0.771. The van der Waals surface area contributed by atoms with Gasteiger partial charge in [0.1, 0.15) is 0 Å². The molecule has 8 heteroatoms. The van der Waals surface area contributed by atoms with Crippen LogP contribution in [0.5, 0.6) is 0 Å². The summed E-state index contributed by atoms with van der Waals surface area (Å²) in [6, 6.07) is 6.71. The number of nitrogens with one attached hydrogen (secondary N) is 1. The Morgan fingerprint density at radius 2 is 1.79 bits per heavy atom. The fraction of sp³-hybridized carbons (Fsp3) is 0.562. The summed E-state index contributed by atoms with van der Waals surface area (Å²) in [6.07, 6.45) is 1.42. The zero-order chi connectivity index (χ0) is 16.6. The smallest absolute Gasteiger partial charge is 0.243 e. The Hall–Kier alpha value is -1.15. The van der Waals surface area contributed by atoms with Gasteiger partial charge in [0, 0.05) is 43.8 Å². The Morgan fingerprint density at radius 3 is 2.38 bits per heavy atom. The van der Waals surface area contributed by atoms with Gasteiger partial charge < -0.3 is 10.2 Å². The largest absolute Gasteiger partial charge is 0.312 e. The van der Waals surface area contributed by atoms with Crippen LogP contribution in [-0.2, 0) is 14.8 Å². The van der Waals surface area contributed by atoms with Crippen LogP contribution in [0.1, 0.15) is 26.7 Å². The van der Waals surface area contributed by atoms with Gasteiger partial charge in [-0.05, 0) is 44.5 Å². The van der Waals surface area contributed by atoms with E-state index in [4.69, 9.17) is 0 Å². The fourth-order valence-corrected chi connectivity index (χ4v) is 4.92. The molecule has 6 nitrogen and oxygen atoms in total. The van der Waals surface area contributed by atoms with Crippen LogP contribution in [0.15, 0.2) is 29.2 Å². The van der Waals surface area contributed by atoms with E-state index in [1.807, 2.05) is 13.8 Å². The molecule has 2 aliphatic rings. The van der Waals surface area contributed by atoms with Gasteiger partial charge in [0.05, 0.1) is 4.90 Å². The maximum atomic E-state index is 12.9. The normalized spacial score (nSPS) is 25.6. The maximum absolute atomic E-state index is 12.9. The molecule has 0 aromatic heterocycles. The molecule has 1 aromatic rings. The van der Waals surface area contributed by atoms with Gasteiger partial charge in [-0.15, -0.1) is 12.4 Å². The number of carbonyl (C=O) groups excluding carboxylic acids is 1. The van der Waals surface area contributed by atoms with Gasteiger partial charge in [-0.3, -0.25) is 4.79 Å². The number of rotatable bonds is 3. The number of amides is 1. The van der Waals surface area contributed by atoms with Crippen molar-refractivity contribution in [2.45, 2.75) is 43.7 Å². The van der Waals surface area contributed by atoms with Crippen LogP contribution < -0.4 is 10.2 Å². The molecule has 2 aliphatic heterocycles. The number of sulfonamides is 1. The third-order valence-corrected chi connectivity index (χ3v) is 6.81. The number of anilines is 1. The molecule has 0 saturated carbocycles. The Labute approximate surface area is 149 Å². The summed E-state index contributed by atoms with van der Waals surface area (Å²) in [5, 5.41) is 3.29. The third-order valence-electron chi connectivity index (χ3n) is 4.80. The number of hydrogen-bond donors (Lipinski definition) is 1. The lowest BCUT2D eigenvalue weighted by molar-refractivity contribution is -0.117. The Morgan fingerprint density at radius 1 is 1.12 bits per heavy atom. The molecule has 2 atom stereocenters. The summed E-state index contributed by atoms with van der Waals surface area (Å²) in [6.45, 7) is 5.75. The van der Waals surface area contributed by atoms with E-state index in [-0.39, 0.29) is 35.3 Å². The summed E-state index contributed by atoms with van der Waals surface area (Å²) in [4.78, 5) is 13.8. The molecule has 0 spiro atoms. The van der Waals surface area contributed by atoms with E-state index < -0.39 is 10.0 Å². The van der Waals surface area contributed by atoms with Crippen molar-refractivity contribution in [1.82, 2.24) is 9.62 Å². The minimum absolute atomic E-state index is 0. The number of carbonyl (C=O) groups is 1. The molecule has 1 N–H and O–H groups in total. The third kappa shape index (κ3) is 3.44. The van der Waals surface area contributed by atoms with E-state index in [9.17, 15) is 13.2 Å². The van der Waals surface area contributed by atoms with Crippen molar-refractivity contribution in [1.29, 1.82) is 0 Å². The van der Waals surface area contributed by atoms with Crippen molar-refractivity contribution < 1.29 is 13.2 Å². The quantitative estimate of drug-likeness (QED) is 0.873. The predicted molar refractivity (Wildman–Crippen MR) is 96.1 cm³/mol. The topological polar surface area (TPSA) is 69.7 Å². The number of halogens is 1. The zero-order valence-corrected chi connectivity index (χ0v) is 15.6. The lowest BCUT2D eigenvalue weighted by atomic mass is 10.1. The Balaban J connectivity index is 0.00000208. The standard InChI is InChI=1S/C16H23N3O3S.ClH/c1-12-13(2)19(11-9-17-12)23(21,22)15-7-5-14(6-8-15)18-10-3-4-16(18)20;/h5-8,12-13,17H,3-4,9-11H2,1-2H3;1H. The van der Waals surface area contributed by atoms with Crippen molar-refractivity contribution in [2.24, 2.45) is 0 Å². The van der Waals surface area contributed by atoms with Gasteiger partial charge in [0.2, 0.25) is 15.9 Å². The van der Waals surface area contributed by atoms with Gasteiger partial charge in [-0.2, -0.15) is 4.31 Å². The first-order chi connectivity index (χ1) is 10.9. The molecule has 2 heterocycles. The van der Waals surface area contributed by atoms with E-state index in [0.717, 1.165) is 12.1 Å². The molecule has 0 bridgehead atoms. The Kier molecular flexibility index (Phi) is 5.91. The van der Waals surface area contributed by atoms with E-state index in [1.54, 1.807) is 33.5 Å². The highest BCUT2D eigenvalue weighted by Crippen LogP contribution is 2.26. The average molecular weight is 374 g/mol. The Bertz CT molecular complexity index is 693. The molecule has 2 unspecified atom stereocenters. The number of nitrogens with zero attached hydrogens (tertiary/aromatic N) is 2. The van der Waals surface area contributed by atoms with E-state index >= 15 is 0 Å². The molecule has 1 amide bonds. The first-order valence-electron chi connectivity index (χ1n) is 8.07. The first kappa shape index (κ1) is 19.2. The second-order valence-corrected chi connectivity index (χ2v) is 8.13. The first-order valence-corrected chi connectivity index (χ1v) is 9.51. The number of hydrogen-bond acceptors (Lipinski definition) is 4. The average Bonchev–Trinajstić information content (AvgIpc) is 2.96. The molecule has 2 saturated heterocycles. The zero-order valence-electron chi connectivity index (χ0n) is 13.9. The predicted octanol–water partition coefficient (Wildman–Crippen LogP) is 1.61. The van der Waals surface area contributed by atoms with Crippen molar-refractivity contribution in [3.63, 3.8) is 0 Å². The second-order valence-electron chi connectivity index (χ2n) is 6.24. The SMILES string of the molecule is CC1NCCN(S(=O)(=O)c2ccc(N3CCCC3=O)cc2)C1C.Cl. The van der Waals surface area contributed by atoms with Gasteiger partial charge in [0.25, 0.3) is 0 Å². The van der Waals surface area contributed by atoms with Gasteiger partial charge in [-0.25, -0.2) is 8.42 Å². The lowest BCUT2D eigenvalue weighted by Crippen LogP contribution is -2.57. The van der Waals surface area contributed by atoms with Crippen molar-refractivity contribution in [3.8, 4) is 0 Å². The van der Waals surface area contributed by atoms with Crippen LogP contribution in [0.4, 0.5) is 5.69 Å². The van der Waals surface area contributed by atoms with E-state index in [2.05, 4.69) is 5.32 Å². The molecule has 134 valence electrons. The molecular formula is C16H24ClN3O3S. The van der Waals surface area contributed by atoms with Crippen molar-refractivity contribution >= 4 is 34.0 Å². The van der Waals surface area contributed by atoms with E-state index in [1.165, 1.54) is 0 Å². The van der Waals surface area contributed by atoms with Crippen LogP contribution >= 0.6 is 12.4 Å². The molecule has 3 rings (SSSR count). The molecule has 0 radical (unpaired) electrons. The second kappa shape index (κ2) is 7.39. The van der Waals surface area contributed by atoms with Crippen molar-refractivity contribution in [2.75, 3.05) is 24.5 Å². The van der Waals surface area contributed by atoms with Gasteiger partial charge in [0.15, 0.2) is 0 Å². The molecule has 2 fully saturated rings. The maximum Gasteiger partial charge on any atom is 0.243 e. The van der Waals surface area contributed by atoms with Crippen LogP contribution in [0.2, 0.25) is 0 Å². The van der Waals surface area contributed by atoms with Crippen LogP contribution in [0.25, 0.3) is 0 Å². The molecule has 1 aromatic carbocycles. The number of benzene rings is 1. The minimum Gasteiger partial charge on any atom is -0.312 e. The molecular weight excluding hydrogens is 350 g/mol.